The second-order valence-electron chi connectivity index (χ2n) is 5.94. The predicted molar refractivity (Wildman–Crippen MR) is 72.4 cm³/mol. The SMILES string of the molecule is c1c(N2CC(CNC3COC3)C2)nnc2c1CCC2. The van der Waals surface area contributed by atoms with Crippen LogP contribution in [-0.2, 0) is 17.6 Å². The minimum Gasteiger partial charge on any atom is -0.378 e. The fourth-order valence-electron chi connectivity index (χ4n) is 3.04. The molecule has 0 saturated carbocycles. The minimum atomic E-state index is 0.592. The average Bonchev–Trinajstić information content (AvgIpc) is 2.76. The molecule has 4 rings (SSSR count). The summed E-state index contributed by atoms with van der Waals surface area (Å²) >= 11 is 0. The molecule has 3 aliphatic rings. The third-order valence-electron chi connectivity index (χ3n) is 4.42. The monoisotopic (exact) mass is 260 g/mol. The number of aromatic nitrogens is 2. The van der Waals surface area contributed by atoms with Gasteiger partial charge in [0.1, 0.15) is 0 Å². The van der Waals surface area contributed by atoms with Gasteiger partial charge in [-0.2, -0.15) is 5.10 Å². The first-order valence-corrected chi connectivity index (χ1v) is 7.30. The molecule has 0 radical (unpaired) electrons. The van der Waals surface area contributed by atoms with E-state index in [0.29, 0.717) is 6.04 Å². The molecule has 1 aliphatic carbocycles. The molecule has 0 unspecified atom stereocenters. The van der Waals surface area contributed by atoms with Crippen molar-refractivity contribution in [1.82, 2.24) is 15.5 Å². The van der Waals surface area contributed by atoms with E-state index in [-0.39, 0.29) is 0 Å². The number of nitrogens with zero attached hydrogens (tertiary/aromatic N) is 3. The summed E-state index contributed by atoms with van der Waals surface area (Å²) in [6, 6.07) is 2.84. The van der Waals surface area contributed by atoms with Gasteiger partial charge in [0.25, 0.3) is 0 Å². The molecule has 2 fully saturated rings. The molecule has 2 saturated heterocycles. The van der Waals surface area contributed by atoms with Crippen LogP contribution in [0.1, 0.15) is 17.7 Å². The topological polar surface area (TPSA) is 50.3 Å². The second-order valence-corrected chi connectivity index (χ2v) is 5.94. The molecule has 0 amide bonds. The summed E-state index contributed by atoms with van der Waals surface area (Å²) in [5.74, 6) is 1.82. The Morgan fingerprint density at radius 1 is 1.26 bits per heavy atom. The van der Waals surface area contributed by atoms with Crippen LogP contribution in [0.25, 0.3) is 0 Å². The Kier molecular flexibility index (Phi) is 2.89. The van der Waals surface area contributed by atoms with Gasteiger partial charge in [-0.05, 0) is 30.9 Å². The molecule has 5 heteroatoms. The van der Waals surface area contributed by atoms with Crippen molar-refractivity contribution in [3.8, 4) is 0 Å². The normalized spacial score (nSPS) is 23.1. The van der Waals surface area contributed by atoms with Crippen molar-refractivity contribution < 1.29 is 4.74 Å². The molecule has 5 nitrogen and oxygen atoms in total. The third kappa shape index (κ3) is 2.21. The van der Waals surface area contributed by atoms with E-state index in [1.807, 2.05) is 0 Å². The molecular formula is C14H20N4O. The van der Waals surface area contributed by atoms with Crippen molar-refractivity contribution >= 4 is 5.82 Å². The smallest absolute Gasteiger partial charge is 0.151 e. The first-order chi connectivity index (χ1) is 9.38. The molecule has 1 N–H and O–H groups in total. The van der Waals surface area contributed by atoms with Crippen LogP contribution in [0.2, 0.25) is 0 Å². The third-order valence-corrected chi connectivity index (χ3v) is 4.42. The highest BCUT2D eigenvalue weighted by Crippen LogP contribution is 2.26. The van der Waals surface area contributed by atoms with Crippen LogP contribution in [0.3, 0.4) is 0 Å². The maximum atomic E-state index is 5.16. The van der Waals surface area contributed by atoms with E-state index in [9.17, 15) is 0 Å². The molecule has 1 aromatic heterocycles. The lowest BCUT2D eigenvalue weighted by Gasteiger charge is -2.41. The number of nitrogens with one attached hydrogen (secondary N) is 1. The van der Waals surface area contributed by atoms with Crippen LogP contribution in [0, 0.1) is 5.92 Å². The Morgan fingerprint density at radius 2 is 2.16 bits per heavy atom. The van der Waals surface area contributed by atoms with Gasteiger partial charge in [-0.25, -0.2) is 0 Å². The van der Waals surface area contributed by atoms with E-state index < -0.39 is 0 Å². The van der Waals surface area contributed by atoms with E-state index in [4.69, 9.17) is 4.74 Å². The van der Waals surface area contributed by atoms with Crippen molar-refractivity contribution in [2.24, 2.45) is 5.92 Å². The summed E-state index contributed by atoms with van der Waals surface area (Å²) in [5, 5.41) is 12.3. The van der Waals surface area contributed by atoms with Crippen molar-refractivity contribution in [2.75, 3.05) is 37.7 Å². The lowest BCUT2D eigenvalue weighted by molar-refractivity contribution is -0.00690. The summed E-state index contributed by atoms with van der Waals surface area (Å²) in [4.78, 5) is 2.34. The molecular weight excluding hydrogens is 240 g/mol. The number of hydrogen-bond acceptors (Lipinski definition) is 5. The number of aryl methyl sites for hydroxylation is 2. The van der Waals surface area contributed by atoms with Crippen LogP contribution in [-0.4, -0.2) is 49.1 Å². The summed E-state index contributed by atoms with van der Waals surface area (Å²) in [5.41, 5.74) is 2.63. The summed E-state index contributed by atoms with van der Waals surface area (Å²) in [6.07, 6.45) is 3.53. The van der Waals surface area contributed by atoms with Gasteiger partial charge in [0.15, 0.2) is 5.82 Å². The first kappa shape index (κ1) is 11.6. The van der Waals surface area contributed by atoms with Gasteiger partial charge in [-0.15, -0.1) is 5.10 Å². The fourth-order valence-corrected chi connectivity index (χ4v) is 3.04. The van der Waals surface area contributed by atoms with Crippen LogP contribution in [0.5, 0.6) is 0 Å². The highest BCUT2D eigenvalue weighted by atomic mass is 16.5. The Bertz CT molecular complexity index is 469. The Hall–Kier alpha value is -1.20. The van der Waals surface area contributed by atoms with E-state index in [2.05, 4.69) is 26.5 Å². The summed E-state index contributed by atoms with van der Waals surface area (Å²) in [6.45, 7) is 5.07. The number of fused-ring (bicyclic) bond motifs is 1. The Labute approximate surface area is 113 Å². The lowest BCUT2D eigenvalue weighted by atomic mass is 9.99. The Morgan fingerprint density at radius 3 is 2.95 bits per heavy atom. The van der Waals surface area contributed by atoms with Gasteiger partial charge >= 0.3 is 0 Å². The Balaban J connectivity index is 1.30. The zero-order chi connectivity index (χ0) is 12.7. The number of hydrogen-bond donors (Lipinski definition) is 1. The molecule has 3 heterocycles. The molecule has 2 aliphatic heterocycles. The van der Waals surface area contributed by atoms with E-state index >= 15 is 0 Å². The fraction of sp³-hybridized carbons (Fsp3) is 0.714. The first-order valence-electron chi connectivity index (χ1n) is 7.30. The van der Waals surface area contributed by atoms with Crippen molar-refractivity contribution in [3.63, 3.8) is 0 Å². The predicted octanol–water partition coefficient (Wildman–Crippen LogP) is 0.390. The minimum absolute atomic E-state index is 0.592. The second kappa shape index (κ2) is 4.72. The summed E-state index contributed by atoms with van der Waals surface area (Å²) in [7, 11) is 0. The van der Waals surface area contributed by atoms with Gasteiger partial charge in [0, 0.05) is 25.6 Å². The number of anilines is 1. The highest BCUT2D eigenvalue weighted by molar-refractivity contribution is 5.45. The summed E-state index contributed by atoms with van der Waals surface area (Å²) < 4.78 is 5.16. The van der Waals surface area contributed by atoms with Gasteiger partial charge in [0.2, 0.25) is 0 Å². The van der Waals surface area contributed by atoms with Gasteiger partial charge in [-0.1, -0.05) is 0 Å². The number of rotatable bonds is 4. The van der Waals surface area contributed by atoms with Gasteiger partial charge in [0.05, 0.1) is 24.9 Å². The maximum Gasteiger partial charge on any atom is 0.151 e. The highest BCUT2D eigenvalue weighted by Gasteiger charge is 2.30. The zero-order valence-corrected chi connectivity index (χ0v) is 11.1. The van der Waals surface area contributed by atoms with E-state index in [1.165, 1.54) is 24.1 Å². The molecule has 102 valence electrons. The maximum absolute atomic E-state index is 5.16. The van der Waals surface area contributed by atoms with Crippen molar-refractivity contribution in [3.05, 3.63) is 17.3 Å². The van der Waals surface area contributed by atoms with Gasteiger partial charge in [-0.3, -0.25) is 0 Å². The standard InChI is InChI=1S/C14H20N4O/c1-2-11-4-14(17-16-13(11)3-1)18-6-10(7-18)5-15-12-8-19-9-12/h4,10,12,15H,1-3,5-9H2. The van der Waals surface area contributed by atoms with Gasteiger partial charge < -0.3 is 15.0 Å². The van der Waals surface area contributed by atoms with Crippen LogP contribution < -0.4 is 10.2 Å². The zero-order valence-electron chi connectivity index (χ0n) is 11.1. The molecule has 19 heavy (non-hydrogen) atoms. The lowest BCUT2D eigenvalue weighted by Crippen LogP contribution is -2.55. The molecule has 0 spiro atoms. The molecule has 0 atom stereocenters. The molecule has 0 aromatic carbocycles. The number of ether oxygens (including phenoxy) is 1. The van der Waals surface area contributed by atoms with E-state index in [1.54, 1.807) is 0 Å². The average molecular weight is 260 g/mol. The van der Waals surface area contributed by atoms with Crippen molar-refractivity contribution in [2.45, 2.75) is 25.3 Å². The van der Waals surface area contributed by atoms with Crippen LogP contribution in [0.4, 0.5) is 5.82 Å². The van der Waals surface area contributed by atoms with E-state index in [0.717, 1.165) is 51.0 Å². The quantitative estimate of drug-likeness (QED) is 0.848. The van der Waals surface area contributed by atoms with Crippen LogP contribution in [0.15, 0.2) is 6.07 Å². The van der Waals surface area contributed by atoms with Crippen molar-refractivity contribution in [1.29, 1.82) is 0 Å². The molecule has 1 aromatic rings. The molecule has 0 bridgehead atoms. The largest absolute Gasteiger partial charge is 0.378 e. The van der Waals surface area contributed by atoms with Crippen LogP contribution >= 0.6 is 0 Å².